The standard InChI is InChI=1S/C8H18N2O2S/c1-8(2,3)13(11,12)10-7-5-4-6-9/h4-5,10H,6-7,9H2,1-3H3/b5-4+. The van der Waals surface area contributed by atoms with Crippen LogP contribution in [0.4, 0.5) is 0 Å². The van der Waals surface area contributed by atoms with E-state index in [1.54, 1.807) is 32.9 Å². The molecule has 13 heavy (non-hydrogen) atoms. The number of sulfonamides is 1. The molecule has 0 aliphatic carbocycles. The van der Waals surface area contributed by atoms with E-state index in [1.807, 2.05) is 0 Å². The molecule has 0 amide bonds. The predicted octanol–water partition coefficient (Wildman–Crippen LogP) is 0.219. The summed E-state index contributed by atoms with van der Waals surface area (Å²) in [5.41, 5.74) is 5.20. The highest BCUT2D eigenvalue weighted by Crippen LogP contribution is 2.12. The molecule has 0 unspecified atom stereocenters. The fourth-order valence-electron chi connectivity index (χ4n) is 0.554. The third-order valence-electron chi connectivity index (χ3n) is 1.50. The van der Waals surface area contributed by atoms with Gasteiger partial charge in [0.1, 0.15) is 0 Å². The molecule has 0 rings (SSSR count). The van der Waals surface area contributed by atoms with E-state index in [4.69, 9.17) is 5.73 Å². The van der Waals surface area contributed by atoms with Crippen LogP contribution in [-0.4, -0.2) is 26.3 Å². The van der Waals surface area contributed by atoms with Crippen LogP contribution in [0.3, 0.4) is 0 Å². The monoisotopic (exact) mass is 206 g/mol. The summed E-state index contributed by atoms with van der Waals surface area (Å²) in [6.07, 6.45) is 3.41. The van der Waals surface area contributed by atoms with Crippen LogP contribution in [0.15, 0.2) is 12.2 Å². The zero-order valence-corrected chi connectivity index (χ0v) is 9.19. The smallest absolute Gasteiger partial charge is 0.216 e. The summed E-state index contributed by atoms with van der Waals surface area (Å²) < 4.78 is 24.6. The van der Waals surface area contributed by atoms with Gasteiger partial charge in [-0.25, -0.2) is 13.1 Å². The van der Waals surface area contributed by atoms with Gasteiger partial charge in [-0.2, -0.15) is 0 Å². The minimum absolute atomic E-state index is 0.302. The van der Waals surface area contributed by atoms with Gasteiger partial charge < -0.3 is 5.73 Å². The first-order valence-electron chi connectivity index (χ1n) is 4.15. The van der Waals surface area contributed by atoms with Gasteiger partial charge in [0.2, 0.25) is 10.0 Å². The Morgan fingerprint density at radius 2 is 1.85 bits per heavy atom. The lowest BCUT2D eigenvalue weighted by molar-refractivity contribution is 0.549. The van der Waals surface area contributed by atoms with E-state index < -0.39 is 14.8 Å². The number of rotatable bonds is 4. The van der Waals surface area contributed by atoms with Crippen molar-refractivity contribution in [1.29, 1.82) is 0 Å². The average Bonchev–Trinajstić information content (AvgIpc) is 1.96. The van der Waals surface area contributed by atoms with E-state index in [-0.39, 0.29) is 0 Å². The molecule has 0 aromatic rings. The van der Waals surface area contributed by atoms with Gasteiger partial charge in [-0.3, -0.25) is 0 Å². The van der Waals surface area contributed by atoms with Crippen LogP contribution in [0.25, 0.3) is 0 Å². The second kappa shape index (κ2) is 4.74. The van der Waals surface area contributed by atoms with Crippen LogP contribution < -0.4 is 10.5 Å². The summed E-state index contributed by atoms with van der Waals surface area (Å²) in [4.78, 5) is 0. The fourth-order valence-corrected chi connectivity index (χ4v) is 1.30. The normalized spacial score (nSPS) is 13.8. The largest absolute Gasteiger partial charge is 0.327 e. The van der Waals surface area contributed by atoms with Gasteiger partial charge in [0.15, 0.2) is 0 Å². The van der Waals surface area contributed by atoms with Crippen molar-refractivity contribution in [3.63, 3.8) is 0 Å². The summed E-state index contributed by atoms with van der Waals surface area (Å²) >= 11 is 0. The van der Waals surface area contributed by atoms with Crippen molar-refractivity contribution in [2.45, 2.75) is 25.5 Å². The average molecular weight is 206 g/mol. The summed E-state index contributed by atoms with van der Waals surface area (Å²) in [7, 11) is -3.22. The maximum atomic E-state index is 11.4. The molecule has 0 aliphatic heterocycles. The second-order valence-electron chi connectivity index (χ2n) is 3.67. The number of nitrogens with two attached hydrogens (primary N) is 1. The first-order chi connectivity index (χ1) is 5.81. The molecule has 0 aromatic carbocycles. The molecular formula is C8H18N2O2S. The highest BCUT2D eigenvalue weighted by molar-refractivity contribution is 7.90. The summed E-state index contributed by atoms with van der Waals surface area (Å²) in [6, 6.07) is 0. The highest BCUT2D eigenvalue weighted by atomic mass is 32.2. The quantitative estimate of drug-likeness (QED) is 0.646. The van der Waals surface area contributed by atoms with Gasteiger partial charge in [0, 0.05) is 13.1 Å². The minimum atomic E-state index is -3.22. The molecule has 0 fully saturated rings. The highest BCUT2D eigenvalue weighted by Gasteiger charge is 2.27. The van der Waals surface area contributed by atoms with E-state index in [0.717, 1.165) is 0 Å². The molecule has 0 saturated carbocycles. The Morgan fingerprint density at radius 3 is 2.23 bits per heavy atom. The van der Waals surface area contributed by atoms with Crippen LogP contribution in [0.5, 0.6) is 0 Å². The van der Waals surface area contributed by atoms with E-state index in [0.29, 0.717) is 13.1 Å². The van der Waals surface area contributed by atoms with Crippen LogP contribution in [0, 0.1) is 0 Å². The van der Waals surface area contributed by atoms with Gasteiger partial charge in [0.05, 0.1) is 4.75 Å². The van der Waals surface area contributed by atoms with Crippen molar-refractivity contribution in [2.24, 2.45) is 5.73 Å². The molecule has 0 saturated heterocycles. The Bertz CT molecular complexity index is 262. The van der Waals surface area contributed by atoms with E-state index >= 15 is 0 Å². The maximum Gasteiger partial charge on any atom is 0.216 e. The molecule has 3 N–H and O–H groups in total. The summed E-state index contributed by atoms with van der Waals surface area (Å²) in [5.74, 6) is 0. The zero-order valence-electron chi connectivity index (χ0n) is 8.37. The van der Waals surface area contributed by atoms with Crippen LogP contribution in [0.2, 0.25) is 0 Å². The first kappa shape index (κ1) is 12.6. The molecule has 78 valence electrons. The molecule has 0 radical (unpaired) electrons. The lowest BCUT2D eigenvalue weighted by Crippen LogP contribution is -2.39. The number of hydrogen-bond donors (Lipinski definition) is 2. The Balaban J connectivity index is 4.14. The maximum absolute atomic E-state index is 11.4. The van der Waals surface area contributed by atoms with Crippen LogP contribution in [-0.2, 0) is 10.0 Å². The molecule has 5 heteroatoms. The molecule has 0 aromatic heterocycles. The van der Waals surface area contributed by atoms with Crippen molar-refractivity contribution in [3.05, 3.63) is 12.2 Å². The third-order valence-corrected chi connectivity index (χ3v) is 3.66. The van der Waals surface area contributed by atoms with Gasteiger partial charge in [-0.15, -0.1) is 0 Å². The molecule has 0 atom stereocenters. The SMILES string of the molecule is CC(C)(C)S(=O)(=O)NC/C=C/CN. The topological polar surface area (TPSA) is 72.2 Å². The Labute approximate surface area is 80.3 Å². The van der Waals surface area contributed by atoms with Gasteiger partial charge in [-0.1, -0.05) is 12.2 Å². The molecule has 0 aliphatic rings. The number of hydrogen-bond acceptors (Lipinski definition) is 3. The van der Waals surface area contributed by atoms with E-state index in [2.05, 4.69) is 4.72 Å². The Kier molecular flexibility index (Phi) is 4.60. The second-order valence-corrected chi connectivity index (χ2v) is 6.19. The molecule has 4 nitrogen and oxygen atoms in total. The van der Waals surface area contributed by atoms with Crippen molar-refractivity contribution >= 4 is 10.0 Å². The lowest BCUT2D eigenvalue weighted by Gasteiger charge is -2.18. The van der Waals surface area contributed by atoms with Crippen molar-refractivity contribution in [3.8, 4) is 0 Å². The zero-order chi connectivity index (χ0) is 10.5. The molecule has 0 heterocycles. The third kappa shape index (κ3) is 4.40. The van der Waals surface area contributed by atoms with Gasteiger partial charge >= 0.3 is 0 Å². The van der Waals surface area contributed by atoms with Crippen molar-refractivity contribution < 1.29 is 8.42 Å². The molecular weight excluding hydrogens is 188 g/mol. The van der Waals surface area contributed by atoms with Crippen molar-refractivity contribution in [2.75, 3.05) is 13.1 Å². The number of nitrogens with one attached hydrogen (secondary N) is 1. The van der Waals surface area contributed by atoms with Crippen LogP contribution >= 0.6 is 0 Å². The van der Waals surface area contributed by atoms with Gasteiger partial charge in [0.25, 0.3) is 0 Å². The molecule has 0 spiro atoms. The summed E-state index contributed by atoms with van der Waals surface area (Å²) in [5, 5.41) is 0. The predicted molar refractivity (Wildman–Crippen MR) is 54.9 cm³/mol. The Hall–Kier alpha value is -0.390. The summed E-state index contributed by atoms with van der Waals surface area (Å²) in [6.45, 7) is 5.69. The van der Waals surface area contributed by atoms with Crippen LogP contribution in [0.1, 0.15) is 20.8 Å². The first-order valence-corrected chi connectivity index (χ1v) is 5.64. The minimum Gasteiger partial charge on any atom is -0.327 e. The van der Waals surface area contributed by atoms with E-state index in [9.17, 15) is 8.42 Å². The van der Waals surface area contributed by atoms with E-state index in [1.165, 1.54) is 0 Å². The Morgan fingerprint density at radius 1 is 1.31 bits per heavy atom. The molecule has 0 bridgehead atoms. The fraction of sp³-hybridized carbons (Fsp3) is 0.750. The van der Waals surface area contributed by atoms with Gasteiger partial charge in [-0.05, 0) is 20.8 Å². The van der Waals surface area contributed by atoms with Crippen molar-refractivity contribution in [1.82, 2.24) is 4.72 Å². The lowest BCUT2D eigenvalue weighted by atomic mass is 10.3.